The Morgan fingerprint density at radius 3 is 1.25 bits per heavy atom. The van der Waals surface area contributed by atoms with Crippen molar-refractivity contribution in [3.8, 4) is 11.5 Å². The van der Waals surface area contributed by atoms with Crippen LogP contribution >= 0.6 is 0 Å². The van der Waals surface area contributed by atoms with Crippen LogP contribution in [0.15, 0.2) is 60.7 Å². The molecule has 0 aliphatic rings. The van der Waals surface area contributed by atoms with Gasteiger partial charge in [0.1, 0.15) is 11.5 Å². The van der Waals surface area contributed by atoms with E-state index in [0.29, 0.717) is 0 Å². The SMILES string of the molecule is C/C=C(/CC/C(=C\C)c1ccc(OC)cc1)c1ccc(OC)cc1. The van der Waals surface area contributed by atoms with Crippen molar-refractivity contribution in [1.29, 1.82) is 0 Å². The molecule has 0 aromatic heterocycles. The Kier molecular flexibility index (Phi) is 6.68. The molecule has 0 unspecified atom stereocenters. The van der Waals surface area contributed by atoms with Crippen LogP contribution in [0.1, 0.15) is 37.8 Å². The predicted octanol–water partition coefficient (Wildman–Crippen LogP) is 5.99. The van der Waals surface area contributed by atoms with Crippen molar-refractivity contribution in [2.45, 2.75) is 26.7 Å². The fraction of sp³-hybridized carbons (Fsp3) is 0.273. The van der Waals surface area contributed by atoms with Gasteiger partial charge in [-0.25, -0.2) is 0 Å². The van der Waals surface area contributed by atoms with Crippen LogP contribution in [0.25, 0.3) is 11.1 Å². The van der Waals surface area contributed by atoms with Gasteiger partial charge in [0.15, 0.2) is 0 Å². The average Bonchev–Trinajstić information content (AvgIpc) is 2.66. The second-order valence-corrected chi connectivity index (χ2v) is 5.58. The highest BCUT2D eigenvalue weighted by molar-refractivity contribution is 5.71. The molecule has 2 aromatic carbocycles. The minimum absolute atomic E-state index is 0.890. The van der Waals surface area contributed by atoms with E-state index in [2.05, 4.69) is 50.3 Å². The first-order valence-corrected chi connectivity index (χ1v) is 8.31. The summed E-state index contributed by atoms with van der Waals surface area (Å²) in [5.41, 5.74) is 5.21. The van der Waals surface area contributed by atoms with E-state index in [4.69, 9.17) is 9.47 Å². The normalized spacial score (nSPS) is 12.2. The molecule has 0 spiro atoms. The molecule has 2 nitrogen and oxygen atoms in total. The second-order valence-electron chi connectivity index (χ2n) is 5.58. The van der Waals surface area contributed by atoms with Gasteiger partial charge in [-0.15, -0.1) is 0 Å². The molecule has 0 radical (unpaired) electrons. The first kappa shape index (κ1) is 17.9. The lowest BCUT2D eigenvalue weighted by atomic mass is 9.94. The van der Waals surface area contributed by atoms with Crippen LogP contribution in [0.2, 0.25) is 0 Å². The summed E-state index contributed by atoms with van der Waals surface area (Å²) in [6, 6.07) is 16.5. The summed E-state index contributed by atoms with van der Waals surface area (Å²) >= 11 is 0. The van der Waals surface area contributed by atoms with E-state index in [1.807, 2.05) is 24.3 Å². The van der Waals surface area contributed by atoms with Gasteiger partial charge in [0.2, 0.25) is 0 Å². The molecule has 0 bridgehead atoms. The third-order valence-corrected chi connectivity index (χ3v) is 4.28. The van der Waals surface area contributed by atoms with Crippen molar-refractivity contribution in [1.82, 2.24) is 0 Å². The number of hydrogen-bond acceptors (Lipinski definition) is 2. The van der Waals surface area contributed by atoms with E-state index < -0.39 is 0 Å². The van der Waals surface area contributed by atoms with Gasteiger partial charge in [-0.1, -0.05) is 36.4 Å². The van der Waals surface area contributed by atoms with Gasteiger partial charge >= 0.3 is 0 Å². The number of ether oxygens (including phenoxy) is 2. The molecule has 0 aliphatic heterocycles. The van der Waals surface area contributed by atoms with E-state index in [0.717, 1.165) is 24.3 Å². The summed E-state index contributed by atoms with van der Waals surface area (Å²) in [5, 5.41) is 0. The lowest BCUT2D eigenvalue weighted by molar-refractivity contribution is 0.414. The maximum atomic E-state index is 5.24. The average molecular weight is 322 g/mol. The Hall–Kier alpha value is -2.48. The lowest BCUT2D eigenvalue weighted by Crippen LogP contribution is -1.90. The van der Waals surface area contributed by atoms with Crippen LogP contribution in [-0.2, 0) is 0 Å². The van der Waals surface area contributed by atoms with Gasteiger partial charge < -0.3 is 9.47 Å². The minimum Gasteiger partial charge on any atom is -0.497 e. The molecule has 2 rings (SSSR count). The molecule has 0 amide bonds. The van der Waals surface area contributed by atoms with Crippen LogP contribution in [0, 0.1) is 0 Å². The highest BCUT2D eigenvalue weighted by Gasteiger charge is 2.06. The second kappa shape index (κ2) is 8.97. The molecule has 2 heteroatoms. The van der Waals surface area contributed by atoms with Crippen LogP contribution in [-0.4, -0.2) is 14.2 Å². The number of allylic oxidation sites excluding steroid dienone is 4. The van der Waals surface area contributed by atoms with Crippen molar-refractivity contribution in [3.63, 3.8) is 0 Å². The maximum Gasteiger partial charge on any atom is 0.118 e. The third kappa shape index (κ3) is 4.51. The van der Waals surface area contributed by atoms with E-state index in [9.17, 15) is 0 Å². The third-order valence-electron chi connectivity index (χ3n) is 4.28. The largest absolute Gasteiger partial charge is 0.497 e. The Morgan fingerprint density at radius 2 is 1.00 bits per heavy atom. The quantitative estimate of drug-likeness (QED) is 0.623. The van der Waals surface area contributed by atoms with Crippen LogP contribution in [0.4, 0.5) is 0 Å². The summed E-state index contributed by atoms with van der Waals surface area (Å²) in [6.45, 7) is 4.20. The van der Waals surface area contributed by atoms with Crippen molar-refractivity contribution in [2.24, 2.45) is 0 Å². The molecular weight excluding hydrogens is 296 g/mol. The standard InChI is InChI=1S/C22H26O2/c1-5-17(19-9-13-21(23-3)14-10-19)7-8-18(6-2)20-11-15-22(24-4)16-12-20/h5-6,9-16H,7-8H2,1-4H3/b17-5-,18-6+. The van der Waals surface area contributed by atoms with Gasteiger partial charge in [0, 0.05) is 0 Å². The van der Waals surface area contributed by atoms with Crippen LogP contribution in [0.3, 0.4) is 0 Å². The van der Waals surface area contributed by atoms with Crippen molar-refractivity contribution in [3.05, 3.63) is 71.8 Å². The first-order valence-electron chi connectivity index (χ1n) is 8.31. The molecule has 126 valence electrons. The van der Waals surface area contributed by atoms with Gasteiger partial charge in [-0.3, -0.25) is 0 Å². The Labute approximate surface area is 145 Å². The molecule has 2 aromatic rings. The Bertz CT molecular complexity index is 628. The maximum absolute atomic E-state index is 5.24. The van der Waals surface area contributed by atoms with Gasteiger partial charge in [-0.2, -0.15) is 0 Å². The number of hydrogen-bond donors (Lipinski definition) is 0. The Morgan fingerprint density at radius 1 is 0.667 bits per heavy atom. The van der Waals surface area contributed by atoms with E-state index >= 15 is 0 Å². The lowest BCUT2D eigenvalue weighted by Gasteiger charge is -2.12. The number of methoxy groups -OCH3 is 2. The summed E-state index contributed by atoms with van der Waals surface area (Å²) in [4.78, 5) is 0. The van der Waals surface area contributed by atoms with Crippen molar-refractivity contribution < 1.29 is 9.47 Å². The number of rotatable bonds is 7. The van der Waals surface area contributed by atoms with Crippen molar-refractivity contribution >= 4 is 11.1 Å². The summed E-state index contributed by atoms with van der Waals surface area (Å²) in [6.07, 6.45) is 6.41. The molecule has 0 N–H and O–H groups in total. The first-order chi connectivity index (χ1) is 11.7. The summed E-state index contributed by atoms with van der Waals surface area (Å²) in [7, 11) is 3.39. The molecule has 0 saturated carbocycles. The van der Waals surface area contributed by atoms with Crippen LogP contribution in [0.5, 0.6) is 11.5 Å². The molecule has 0 atom stereocenters. The van der Waals surface area contributed by atoms with Gasteiger partial charge in [0.05, 0.1) is 14.2 Å². The summed E-state index contributed by atoms with van der Waals surface area (Å²) < 4.78 is 10.5. The Balaban J connectivity index is 2.07. The monoisotopic (exact) mass is 322 g/mol. The van der Waals surface area contributed by atoms with E-state index in [-0.39, 0.29) is 0 Å². The zero-order valence-corrected chi connectivity index (χ0v) is 15.0. The topological polar surface area (TPSA) is 18.5 Å². The number of benzene rings is 2. The van der Waals surface area contributed by atoms with E-state index in [1.54, 1.807) is 14.2 Å². The highest BCUT2D eigenvalue weighted by Crippen LogP contribution is 2.28. The molecule has 0 heterocycles. The van der Waals surface area contributed by atoms with Gasteiger partial charge in [-0.05, 0) is 73.2 Å². The molecule has 0 saturated heterocycles. The minimum atomic E-state index is 0.890. The zero-order valence-electron chi connectivity index (χ0n) is 15.0. The molecular formula is C22H26O2. The van der Waals surface area contributed by atoms with E-state index in [1.165, 1.54) is 22.3 Å². The highest BCUT2D eigenvalue weighted by atomic mass is 16.5. The molecule has 0 aliphatic carbocycles. The smallest absolute Gasteiger partial charge is 0.118 e. The zero-order chi connectivity index (χ0) is 17.4. The fourth-order valence-corrected chi connectivity index (χ4v) is 2.79. The molecule has 24 heavy (non-hydrogen) atoms. The fourth-order valence-electron chi connectivity index (χ4n) is 2.79. The predicted molar refractivity (Wildman–Crippen MR) is 103 cm³/mol. The van der Waals surface area contributed by atoms with Crippen LogP contribution < -0.4 is 9.47 Å². The van der Waals surface area contributed by atoms with Gasteiger partial charge in [0.25, 0.3) is 0 Å². The molecule has 0 fully saturated rings. The summed E-state index contributed by atoms with van der Waals surface area (Å²) in [5.74, 6) is 1.78. The van der Waals surface area contributed by atoms with Crippen molar-refractivity contribution in [2.75, 3.05) is 14.2 Å².